The van der Waals surface area contributed by atoms with Crippen LogP contribution in [0.5, 0.6) is 11.5 Å². The molecule has 6 nitrogen and oxygen atoms in total. The van der Waals surface area contributed by atoms with E-state index in [9.17, 15) is 9.90 Å². The number of rotatable bonds is 9. The highest BCUT2D eigenvalue weighted by molar-refractivity contribution is 6.42. The standard InChI is InChI=1S/C29H24Cl2N2O4/c1-36-26-14-8-9-21(27(26)37-19-20-15-16-24(30)25(31)17-20)18-32-33-28(34)29(35,22-10-4-2-5-11-22)23-12-6-3-7-13-23/h2-18,35H,19H2,1H3,(H,33,34)/b32-18-. The van der Waals surface area contributed by atoms with E-state index < -0.39 is 11.5 Å². The number of nitrogens with one attached hydrogen (secondary N) is 1. The number of nitrogens with zero attached hydrogens (tertiary/aromatic N) is 1. The predicted molar refractivity (Wildman–Crippen MR) is 145 cm³/mol. The van der Waals surface area contributed by atoms with E-state index in [2.05, 4.69) is 10.5 Å². The molecular formula is C29H24Cl2N2O4. The van der Waals surface area contributed by atoms with Crippen molar-refractivity contribution in [1.29, 1.82) is 0 Å². The summed E-state index contributed by atoms with van der Waals surface area (Å²) in [6.07, 6.45) is 1.43. The number of halogens is 2. The lowest BCUT2D eigenvalue weighted by Gasteiger charge is -2.27. The summed E-state index contributed by atoms with van der Waals surface area (Å²) in [6.45, 7) is 0.201. The van der Waals surface area contributed by atoms with Gasteiger partial charge in [0.2, 0.25) is 0 Å². The van der Waals surface area contributed by atoms with E-state index in [4.69, 9.17) is 32.7 Å². The molecule has 0 radical (unpaired) electrons. The Hall–Kier alpha value is -3.84. The normalized spacial score (nSPS) is 11.4. The molecule has 1 amide bonds. The summed E-state index contributed by atoms with van der Waals surface area (Å²) in [7, 11) is 1.53. The van der Waals surface area contributed by atoms with Crippen molar-refractivity contribution >= 4 is 35.3 Å². The number of hydrazone groups is 1. The first-order valence-corrected chi connectivity index (χ1v) is 12.1. The Bertz CT molecular complexity index is 1360. The van der Waals surface area contributed by atoms with Crippen LogP contribution in [0.2, 0.25) is 10.0 Å². The summed E-state index contributed by atoms with van der Waals surface area (Å²) in [6, 6.07) is 27.9. The van der Waals surface area contributed by atoms with Crippen molar-refractivity contribution in [2.24, 2.45) is 5.10 Å². The molecule has 0 heterocycles. The maximum atomic E-state index is 13.3. The van der Waals surface area contributed by atoms with Crippen LogP contribution in [-0.2, 0) is 17.0 Å². The van der Waals surface area contributed by atoms with Crippen LogP contribution in [0.1, 0.15) is 22.3 Å². The third-order valence-corrected chi connectivity index (χ3v) is 6.42. The number of amides is 1. The van der Waals surface area contributed by atoms with Crippen molar-refractivity contribution in [2.75, 3.05) is 7.11 Å². The lowest BCUT2D eigenvalue weighted by atomic mass is 9.85. The first kappa shape index (κ1) is 26.2. The molecule has 0 aliphatic rings. The molecule has 0 aliphatic carbocycles. The van der Waals surface area contributed by atoms with Gasteiger partial charge in [-0.3, -0.25) is 4.79 Å². The SMILES string of the molecule is COc1cccc(/C=N\NC(=O)C(O)(c2ccccc2)c2ccccc2)c1OCc1ccc(Cl)c(Cl)c1. The highest BCUT2D eigenvalue weighted by Crippen LogP contribution is 2.32. The molecule has 0 saturated carbocycles. The Morgan fingerprint density at radius 2 is 1.57 bits per heavy atom. The van der Waals surface area contributed by atoms with Crippen LogP contribution in [-0.4, -0.2) is 24.3 Å². The number of ether oxygens (including phenoxy) is 2. The van der Waals surface area contributed by atoms with Crippen molar-refractivity contribution in [3.8, 4) is 11.5 Å². The lowest BCUT2D eigenvalue weighted by molar-refractivity contribution is -0.136. The minimum Gasteiger partial charge on any atom is -0.493 e. The van der Waals surface area contributed by atoms with Gasteiger partial charge in [-0.1, -0.05) is 96.0 Å². The van der Waals surface area contributed by atoms with Gasteiger partial charge in [0.05, 0.1) is 23.4 Å². The largest absolute Gasteiger partial charge is 0.493 e. The van der Waals surface area contributed by atoms with Crippen LogP contribution in [0.25, 0.3) is 0 Å². The Morgan fingerprint density at radius 3 is 2.16 bits per heavy atom. The molecule has 37 heavy (non-hydrogen) atoms. The van der Waals surface area contributed by atoms with Crippen molar-refractivity contribution in [2.45, 2.75) is 12.2 Å². The second-order valence-corrected chi connectivity index (χ2v) is 8.87. The van der Waals surface area contributed by atoms with E-state index in [1.807, 2.05) is 18.2 Å². The van der Waals surface area contributed by atoms with Gasteiger partial charge in [-0.25, -0.2) is 5.43 Å². The molecule has 4 aromatic carbocycles. The average molecular weight is 535 g/mol. The summed E-state index contributed by atoms with van der Waals surface area (Å²) in [5.41, 5.74) is 2.74. The van der Waals surface area contributed by atoms with Crippen LogP contribution in [0.3, 0.4) is 0 Å². The van der Waals surface area contributed by atoms with E-state index in [0.29, 0.717) is 38.2 Å². The van der Waals surface area contributed by atoms with Crippen LogP contribution in [0.15, 0.2) is 102 Å². The van der Waals surface area contributed by atoms with E-state index in [0.717, 1.165) is 5.56 Å². The van der Waals surface area contributed by atoms with E-state index >= 15 is 0 Å². The van der Waals surface area contributed by atoms with Gasteiger partial charge in [-0.2, -0.15) is 5.10 Å². The van der Waals surface area contributed by atoms with Crippen molar-refractivity contribution in [1.82, 2.24) is 5.43 Å². The predicted octanol–water partition coefficient (Wildman–Crippen LogP) is 5.97. The summed E-state index contributed by atoms with van der Waals surface area (Å²) in [5, 5.41) is 16.6. The Morgan fingerprint density at radius 1 is 0.919 bits per heavy atom. The van der Waals surface area contributed by atoms with Gasteiger partial charge in [0.25, 0.3) is 5.91 Å². The Labute approximate surface area is 225 Å². The maximum absolute atomic E-state index is 13.3. The molecule has 8 heteroatoms. The zero-order chi connectivity index (χ0) is 26.3. The lowest BCUT2D eigenvalue weighted by Crippen LogP contribution is -2.43. The number of para-hydroxylation sites is 1. The van der Waals surface area contributed by atoms with Gasteiger partial charge in [-0.05, 0) is 41.0 Å². The van der Waals surface area contributed by atoms with Crippen molar-refractivity contribution in [3.05, 3.63) is 129 Å². The summed E-state index contributed by atoms with van der Waals surface area (Å²) < 4.78 is 11.5. The topological polar surface area (TPSA) is 80.2 Å². The van der Waals surface area contributed by atoms with Gasteiger partial charge in [0.15, 0.2) is 17.1 Å². The number of methoxy groups -OCH3 is 1. The second kappa shape index (κ2) is 11.9. The van der Waals surface area contributed by atoms with E-state index in [1.165, 1.54) is 13.3 Å². The number of carbonyl (C=O) groups is 1. The minimum absolute atomic E-state index is 0.201. The fourth-order valence-electron chi connectivity index (χ4n) is 3.76. The molecule has 188 valence electrons. The molecule has 0 bridgehead atoms. The monoisotopic (exact) mass is 534 g/mol. The summed E-state index contributed by atoms with van der Waals surface area (Å²) >= 11 is 12.1. The number of benzene rings is 4. The molecule has 0 spiro atoms. The smallest absolute Gasteiger partial charge is 0.281 e. The zero-order valence-electron chi connectivity index (χ0n) is 19.9. The van der Waals surface area contributed by atoms with Crippen LogP contribution < -0.4 is 14.9 Å². The molecule has 2 N–H and O–H groups in total. The molecule has 4 aromatic rings. The third kappa shape index (κ3) is 5.94. The van der Waals surface area contributed by atoms with Crippen molar-refractivity contribution in [3.63, 3.8) is 0 Å². The van der Waals surface area contributed by atoms with Crippen LogP contribution >= 0.6 is 23.2 Å². The molecule has 0 aromatic heterocycles. The van der Waals surface area contributed by atoms with Gasteiger partial charge >= 0.3 is 0 Å². The third-order valence-electron chi connectivity index (χ3n) is 5.68. The fraction of sp³-hybridized carbons (Fsp3) is 0.103. The molecule has 0 saturated heterocycles. The first-order chi connectivity index (χ1) is 17.9. The molecule has 0 fully saturated rings. The van der Waals surface area contributed by atoms with Gasteiger partial charge in [0.1, 0.15) is 6.61 Å². The number of hydrogen-bond acceptors (Lipinski definition) is 5. The number of aliphatic hydroxyl groups is 1. The summed E-state index contributed by atoms with van der Waals surface area (Å²) in [4.78, 5) is 13.3. The average Bonchev–Trinajstić information content (AvgIpc) is 2.94. The summed E-state index contributed by atoms with van der Waals surface area (Å²) in [5.74, 6) is 0.207. The maximum Gasteiger partial charge on any atom is 0.281 e. The number of carbonyl (C=O) groups excluding carboxylic acids is 1. The van der Waals surface area contributed by atoms with E-state index in [-0.39, 0.29) is 6.61 Å². The molecule has 0 atom stereocenters. The number of hydrogen-bond donors (Lipinski definition) is 2. The molecule has 0 unspecified atom stereocenters. The molecule has 0 aliphatic heterocycles. The first-order valence-electron chi connectivity index (χ1n) is 11.3. The quantitative estimate of drug-likeness (QED) is 0.205. The molecule has 4 rings (SSSR count). The van der Waals surface area contributed by atoms with Gasteiger partial charge < -0.3 is 14.6 Å². The Balaban J connectivity index is 1.57. The van der Waals surface area contributed by atoms with Crippen LogP contribution in [0, 0.1) is 0 Å². The van der Waals surface area contributed by atoms with E-state index in [1.54, 1.807) is 78.9 Å². The van der Waals surface area contributed by atoms with Crippen LogP contribution in [0.4, 0.5) is 0 Å². The highest BCUT2D eigenvalue weighted by Gasteiger charge is 2.39. The highest BCUT2D eigenvalue weighted by atomic mass is 35.5. The van der Waals surface area contributed by atoms with Crippen molar-refractivity contribution < 1.29 is 19.4 Å². The van der Waals surface area contributed by atoms with Gasteiger partial charge in [-0.15, -0.1) is 0 Å². The second-order valence-electron chi connectivity index (χ2n) is 8.06. The fourth-order valence-corrected chi connectivity index (χ4v) is 4.08. The molecular weight excluding hydrogens is 511 g/mol. The van der Waals surface area contributed by atoms with Gasteiger partial charge in [0, 0.05) is 5.56 Å². The zero-order valence-corrected chi connectivity index (χ0v) is 21.4. The minimum atomic E-state index is -1.94. The Kier molecular flexibility index (Phi) is 8.46.